The van der Waals surface area contributed by atoms with E-state index in [4.69, 9.17) is 4.42 Å². The van der Waals surface area contributed by atoms with Gasteiger partial charge in [0.2, 0.25) is 0 Å². The predicted octanol–water partition coefficient (Wildman–Crippen LogP) is 2.50. The summed E-state index contributed by atoms with van der Waals surface area (Å²) in [6.07, 6.45) is 2.92. The molecule has 1 aliphatic heterocycles. The predicted molar refractivity (Wildman–Crippen MR) is 109 cm³/mol. The summed E-state index contributed by atoms with van der Waals surface area (Å²) in [5, 5.41) is 0. The molecule has 0 saturated heterocycles. The van der Waals surface area contributed by atoms with Gasteiger partial charge in [-0.3, -0.25) is 24.7 Å². The molecule has 1 aromatic heterocycles. The van der Waals surface area contributed by atoms with Gasteiger partial charge in [-0.15, -0.1) is 0 Å². The Balaban J connectivity index is 1.48. The van der Waals surface area contributed by atoms with E-state index < -0.39 is 21.8 Å². The summed E-state index contributed by atoms with van der Waals surface area (Å²) in [5.74, 6) is -1.13. The van der Waals surface area contributed by atoms with E-state index in [1.54, 1.807) is 12.1 Å². The number of amides is 2. The van der Waals surface area contributed by atoms with Crippen molar-refractivity contribution in [3.63, 3.8) is 0 Å². The molecule has 9 heteroatoms. The Morgan fingerprint density at radius 1 is 0.900 bits per heavy atom. The smallest absolute Gasteiger partial charge is 0.305 e. The molecular weight excluding hydrogens is 406 g/mol. The number of para-hydroxylation sites is 1. The van der Waals surface area contributed by atoms with Crippen molar-refractivity contribution in [1.29, 1.82) is 0 Å². The van der Waals surface area contributed by atoms with Crippen molar-refractivity contribution in [2.24, 2.45) is 0 Å². The summed E-state index contributed by atoms with van der Waals surface area (Å²) >= 11 is 0. The Morgan fingerprint density at radius 3 is 2.37 bits per heavy atom. The number of carbonyl (C=O) groups is 2. The van der Waals surface area contributed by atoms with Crippen molar-refractivity contribution >= 4 is 27.5 Å². The molecule has 0 radical (unpaired) electrons. The van der Waals surface area contributed by atoms with Crippen molar-refractivity contribution < 1.29 is 22.4 Å². The molecule has 0 unspecified atom stereocenters. The van der Waals surface area contributed by atoms with Gasteiger partial charge >= 0.3 is 5.91 Å². The molecule has 0 fully saturated rings. The number of fused-ring (bicyclic) bond motifs is 1. The number of aryl methyl sites for hydroxylation is 1. The van der Waals surface area contributed by atoms with Crippen molar-refractivity contribution in [2.75, 3.05) is 10.8 Å². The monoisotopic (exact) mass is 425 g/mol. The Labute approximate surface area is 173 Å². The molecule has 0 bridgehead atoms. The van der Waals surface area contributed by atoms with E-state index in [1.807, 2.05) is 18.2 Å². The van der Waals surface area contributed by atoms with Gasteiger partial charge in [-0.2, -0.15) is 0 Å². The Bertz CT molecular complexity index is 1170. The summed E-state index contributed by atoms with van der Waals surface area (Å²) in [7, 11) is -3.75. The molecule has 2 N–H and O–H groups in total. The standard InChI is InChI=1S/C21H19N3O5S/c25-20(22-23-21(26)19-8-4-14-29-19)16-9-11-17(12-10-16)30(27,28)24-13-3-6-15-5-1-2-7-18(15)24/h1-2,4-5,7-12,14H,3,6,13H2,(H,22,25)(H,23,26). The lowest BCUT2D eigenvalue weighted by Gasteiger charge is -2.30. The minimum absolute atomic E-state index is 0.0542. The van der Waals surface area contributed by atoms with Crippen LogP contribution in [0, 0.1) is 0 Å². The van der Waals surface area contributed by atoms with Crippen LogP contribution in [0.2, 0.25) is 0 Å². The number of nitrogens with one attached hydrogen (secondary N) is 2. The average molecular weight is 425 g/mol. The average Bonchev–Trinajstić information content (AvgIpc) is 3.32. The molecule has 2 aromatic carbocycles. The maximum atomic E-state index is 13.1. The third kappa shape index (κ3) is 3.79. The normalized spacial score (nSPS) is 13.4. The topological polar surface area (TPSA) is 109 Å². The molecule has 30 heavy (non-hydrogen) atoms. The van der Waals surface area contributed by atoms with Crippen molar-refractivity contribution in [1.82, 2.24) is 10.9 Å². The molecule has 0 atom stereocenters. The molecule has 2 amide bonds. The number of anilines is 1. The fourth-order valence-electron chi connectivity index (χ4n) is 3.31. The Kier molecular flexibility index (Phi) is 5.28. The highest BCUT2D eigenvalue weighted by molar-refractivity contribution is 7.92. The lowest BCUT2D eigenvalue weighted by molar-refractivity contribution is 0.0831. The fourth-order valence-corrected chi connectivity index (χ4v) is 4.85. The van der Waals surface area contributed by atoms with Gasteiger partial charge in [-0.25, -0.2) is 8.42 Å². The number of carbonyl (C=O) groups excluding carboxylic acids is 2. The molecule has 0 spiro atoms. The van der Waals surface area contributed by atoms with E-state index in [-0.39, 0.29) is 16.2 Å². The molecule has 3 aromatic rings. The minimum Gasteiger partial charge on any atom is -0.459 e. The molecule has 154 valence electrons. The zero-order valence-electron chi connectivity index (χ0n) is 15.9. The molecule has 0 aliphatic carbocycles. The summed E-state index contributed by atoms with van der Waals surface area (Å²) in [6, 6.07) is 16.0. The summed E-state index contributed by atoms with van der Waals surface area (Å²) in [5.41, 5.74) is 6.38. The molecule has 2 heterocycles. The molecule has 4 rings (SSSR count). The molecule has 0 saturated carbocycles. The van der Waals surface area contributed by atoms with E-state index in [9.17, 15) is 18.0 Å². The van der Waals surface area contributed by atoms with E-state index in [0.717, 1.165) is 18.4 Å². The summed E-state index contributed by atoms with van der Waals surface area (Å²) in [4.78, 5) is 24.1. The second kappa shape index (κ2) is 8.03. The van der Waals surface area contributed by atoms with E-state index >= 15 is 0 Å². The molecular formula is C21H19N3O5S. The number of benzene rings is 2. The maximum Gasteiger partial charge on any atom is 0.305 e. The van der Waals surface area contributed by atoms with Crippen LogP contribution in [0.15, 0.2) is 76.2 Å². The van der Waals surface area contributed by atoms with Crippen LogP contribution in [0.4, 0.5) is 5.69 Å². The van der Waals surface area contributed by atoms with Crippen LogP contribution in [0.1, 0.15) is 32.9 Å². The van der Waals surface area contributed by atoms with E-state index in [1.165, 1.54) is 40.9 Å². The van der Waals surface area contributed by atoms with Gasteiger partial charge in [0.1, 0.15) is 0 Å². The van der Waals surface area contributed by atoms with Crippen molar-refractivity contribution in [3.05, 3.63) is 83.8 Å². The number of sulfonamides is 1. The van der Waals surface area contributed by atoms with Gasteiger partial charge in [-0.1, -0.05) is 18.2 Å². The van der Waals surface area contributed by atoms with Crippen LogP contribution in [-0.4, -0.2) is 26.8 Å². The van der Waals surface area contributed by atoms with Crippen LogP contribution < -0.4 is 15.2 Å². The first kappa shape index (κ1) is 19.7. The lowest BCUT2D eigenvalue weighted by Crippen LogP contribution is -2.41. The van der Waals surface area contributed by atoms with Crippen LogP contribution in [0.5, 0.6) is 0 Å². The highest BCUT2D eigenvalue weighted by atomic mass is 32.2. The van der Waals surface area contributed by atoms with Gasteiger partial charge in [-0.05, 0) is 60.9 Å². The lowest BCUT2D eigenvalue weighted by atomic mass is 10.0. The second-order valence-corrected chi connectivity index (χ2v) is 8.58. The van der Waals surface area contributed by atoms with Crippen LogP contribution in [0.25, 0.3) is 0 Å². The quantitative estimate of drug-likeness (QED) is 0.625. The largest absolute Gasteiger partial charge is 0.459 e. The maximum absolute atomic E-state index is 13.1. The number of hydrazine groups is 1. The highest BCUT2D eigenvalue weighted by Gasteiger charge is 2.29. The number of hydrogen-bond acceptors (Lipinski definition) is 5. The van der Waals surface area contributed by atoms with Crippen LogP contribution >= 0.6 is 0 Å². The van der Waals surface area contributed by atoms with Crippen molar-refractivity contribution in [2.45, 2.75) is 17.7 Å². The highest BCUT2D eigenvalue weighted by Crippen LogP contribution is 2.31. The zero-order valence-corrected chi connectivity index (χ0v) is 16.7. The van der Waals surface area contributed by atoms with Gasteiger partial charge < -0.3 is 4.42 Å². The molecule has 8 nitrogen and oxygen atoms in total. The third-order valence-corrected chi connectivity index (χ3v) is 6.63. The number of hydrogen-bond donors (Lipinski definition) is 2. The third-order valence-electron chi connectivity index (χ3n) is 4.81. The Morgan fingerprint density at radius 2 is 1.63 bits per heavy atom. The van der Waals surface area contributed by atoms with Gasteiger partial charge in [0.25, 0.3) is 15.9 Å². The fraction of sp³-hybridized carbons (Fsp3) is 0.143. The second-order valence-electron chi connectivity index (χ2n) is 6.72. The van der Waals surface area contributed by atoms with E-state index in [0.29, 0.717) is 12.2 Å². The zero-order chi connectivity index (χ0) is 21.1. The minimum atomic E-state index is -3.75. The first-order valence-corrected chi connectivity index (χ1v) is 10.8. The first-order chi connectivity index (χ1) is 14.5. The SMILES string of the molecule is O=C(NNC(=O)c1ccco1)c1ccc(S(=O)(=O)N2CCCc3ccccc32)cc1. The van der Waals surface area contributed by atoms with Crippen molar-refractivity contribution in [3.8, 4) is 0 Å². The van der Waals surface area contributed by atoms with Crippen LogP contribution in [0.3, 0.4) is 0 Å². The number of furan rings is 1. The van der Waals surface area contributed by atoms with Crippen LogP contribution in [-0.2, 0) is 16.4 Å². The Hall–Kier alpha value is -3.59. The first-order valence-electron chi connectivity index (χ1n) is 9.32. The number of nitrogens with zero attached hydrogens (tertiary/aromatic N) is 1. The van der Waals surface area contributed by atoms with Gasteiger partial charge in [0, 0.05) is 12.1 Å². The van der Waals surface area contributed by atoms with Gasteiger partial charge in [0.05, 0.1) is 16.8 Å². The molecule has 1 aliphatic rings. The summed E-state index contributed by atoms with van der Waals surface area (Å²) < 4.78 is 32.6. The van der Waals surface area contributed by atoms with E-state index in [2.05, 4.69) is 10.9 Å². The summed E-state index contributed by atoms with van der Waals surface area (Å²) in [6.45, 7) is 0.403. The number of rotatable bonds is 4. The van der Waals surface area contributed by atoms with Gasteiger partial charge in [0.15, 0.2) is 5.76 Å².